The number of aromatic nitrogens is 1. The van der Waals surface area contributed by atoms with Crippen molar-refractivity contribution in [3.63, 3.8) is 0 Å². The molecule has 1 N–H and O–H groups in total. The molecule has 3 nitrogen and oxygen atoms in total. The van der Waals surface area contributed by atoms with E-state index in [1.165, 1.54) is 42.0 Å². The molecule has 29 heavy (non-hydrogen) atoms. The molecule has 1 amide bonds. The molecule has 0 spiro atoms. The molecule has 5 rings (SSSR count). The fourth-order valence-electron chi connectivity index (χ4n) is 4.21. The Morgan fingerprint density at radius 3 is 2.28 bits per heavy atom. The van der Waals surface area contributed by atoms with Crippen LogP contribution in [-0.2, 0) is 6.42 Å². The summed E-state index contributed by atoms with van der Waals surface area (Å²) >= 11 is 0. The molecule has 0 bridgehead atoms. The zero-order chi connectivity index (χ0) is 20.0. The van der Waals surface area contributed by atoms with Gasteiger partial charge in [-0.2, -0.15) is 0 Å². The Bertz CT molecular complexity index is 1200. The van der Waals surface area contributed by atoms with E-state index in [1.54, 1.807) is 17.0 Å². The summed E-state index contributed by atoms with van der Waals surface area (Å²) in [4.78, 5) is 18.6. The Morgan fingerprint density at radius 1 is 0.897 bits per heavy atom. The van der Waals surface area contributed by atoms with Crippen LogP contribution in [0.25, 0.3) is 10.9 Å². The van der Waals surface area contributed by atoms with Gasteiger partial charge in [0, 0.05) is 28.7 Å². The molecule has 1 aliphatic heterocycles. The van der Waals surface area contributed by atoms with Crippen LogP contribution in [0.15, 0.2) is 72.8 Å². The molecule has 0 saturated heterocycles. The van der Waals surface area contributed by atoms with Gasteiger partial charge in [0.1, 0.15) is 11.6 Å². The van der Waals surface area contributed by atoms with E-state index in [9.17, 15) is 13.6 Å². The highest BCUT2D eigenvalue weighted by atomic mass is 19.1. The third-order valence-corrected chi connectivity index (χ3v) is 5.57. The third-order valence-electron chi connectivity index (χ3n) is 5.57. The van der Waals surface area contributed by atoms with E-state index in [1.807, 2.05) is 18.2 Å². The monoisotopic (exact) mass is 388 g/mol. The maximum atomic E-state index is 13.6. The zero-order valence-corrected chi connectivity index (χ0v) is 15.5. The van der Waals surface area contributed by atoms with Gasteiger partial charge in [0.25, 0.3) is 5.91 Å². The standard InChI is InChI=1S/C24H18F2N2O/c25-17-9-5-15(6-10-17)23-22-20(19-3-1-2-4-21(19)27-22)13-14-28(23)24(29)16-7-11-18(26)12-8-16/h1-12,23,27H,13-14H2/t23-/m0/s1. The summed E-state index contributed by atoms with van der Waals surface area (Å²) in [5.41, 5.74) is 4.39. The maximum Gasteiger partial charge on any atom is 0.254 e. The maximum absolute atomic E-state index is 13.6. The first-order chi connectivity index (χ1) is 14.1. The van der Waals surface area contributed by atoms with Gasteiger partial charge in [-0.3, -0.25) is 4.79 Å². The summed E-state index contributed by atoms with van der Waals surface area (Å²) in [6.07, 6.45) is 0.712. The molecule has 2 heterocycles. The highest BCUT2D eigenvalue weighted by Crippen LogP contribution is 2.39. The third kappa shape index (κ3) is 2.99. The fourth-order valence-corrected chi connectivity index (χ4v) is 4.21. The van der Waals surface area contributed by atoms with E-state index >= 15 is 0 Å². The Kier molecular flexibility index (Phi) is 4.16. The first-order valence-electron chi connectivity index (χ1n) is 9.53. The number of carbonyl (C=O) groups is 1. The van der Waals surface area contributed by atoms with Crippen molar-refractivity contribution >= 4 is 16.8 Å². The molecule has 4 aromatic rings. The van der Waals surface area contributed by atoms with Crippen molar-refractivity contribution in [3.8, 4) is 0 Å². The van der Waals surface area contributed by atoms with E-state index in [0.29, 0.717) is 18.5 Å². The van der Waals surface area contributed by atoms with Crippen molar-refractivity contribution in [1.82, 2.24) is 9.88 Å². The van der Waals surface area contributed by atoms with Crippen LogP contribution in [0, 0.1) is 11.6 Å². The van der Waals surface area contributed by atoms with Crippen LogP contribution in [0.5, 0.6) is 0 Å². The van der Waals surface area contributed by atoms with Crippen molar-refractivity contribution in [1.29, 1.82) is 0 Å². The second-order valence-corrected chi connectivity index (χ2v) is 7.27. The van der Waals surface area contributed by atoms with Crippen LogP contribution in [0.3, 0.4) is 0 Å². The van der Waals surface area contributed by atoms with Gasteiger partial charge < -0.3 is 9.88 Å². The zero-order valence-electron chi connectivity index (χ0n) is 15.5. The van der Waals surface area contributed by atoms with E-state index < -0.39 is 0 Å². The lowest BCUT2D eigenvalue weighted by Gasteiger charge is -2.36. The average Bonchev–Trinajstić information content (AvgIpc) is 3.12. The molecule has 1 aromatic heterocycles. The highest BCUT2D eigenvalue weighted by molar-refractivity contribution is 5.95. The second kappa shape index (κ2) is 6.85. The predicted molar refractivity (Wildman–Crippen MR) is 108 cm³/mol. The topological polar surface area (TPSA) is 36.1 Å². The molecule has 3 aromatic carbocycles. The largest absolute Gasteiger partial charge is 0.356 e. The number of nitrogens with zero attached hydrogens (tertiary/aromatic N) is 1. The van der Waals surface area contributed by atoms with Gasteiger partial charge in [0.15, 0.2) is 0 Å². The van der Waals surface area contributed by atoms with Crippen LogP contribution in [-0.4, -0.2) is 22.3 Å². The minimum Gasteiger partial charge on any atom is -0.356 e. The number of nitrogens with one attached hydrogen (secondary N) is 1. The number of fused-ring (bicyclic) bond motifs is 3. The van der Waals surface area contributed by atoms with Gasteiger partial charge in [-0.15, -0.1) is 0 Å². The SMILES string of the molecule is O=C(c1ccc(F)cc1)N1CCc2c([nH]c3ccccc23)[C@@H]1c1ccc(F)cc1. The fraction of sp³-hybridized carbons (Fsp3) is 0.125. The normalized spacial score (nSPS) is 16.1. The number of H-pyrrole nitrogens is 1. The molecule has 1 aliphatic rings. The first-order valence-corrected chi connectivity index (χ1v) is 9.53. The van der Waals surface area contributed by atoms with Gasteiger partial charge in [-0.1, -0.05) is 30.3 Å². The Balaban J connectivity index is 1.65. The van der Waals surface area contributed by atoms with Gasteiger partial charge in [0.2, 0.25) is 0 Å². The molecule has 0 unspecified atom stereocenters. The number of halogens is 2. The van der Waals surface area contributed by atoms with Gasteiger partial charge in [0.05, 0.1) is 6.04 Å². The van der Waals surface area contributed by atoms with Crippen LogP contribution in [0.4, 0.5) is 8.78 Å². The number of amides is 1. The van der Waals surface area contributed by atoms with Crippen LogP contribution in [0.2, 0.25) is 0 Å². The van der Waals surface area contributed by atoms with Crippen molar-refractivity contribution in [3.05, 3.63) is 107 Å². The first kappa shape index (κ1) is 17.6. The number of benzene rings is 3. The number of carbonyl (C=O) groups excluding carboxylic acids is 1. The minimum absolute atomic E-state index is 0.177. The van der Waals surface area contributed by atoms with Crippen molar-refractivity contribution in [2.45, 2.75) is 12.5 Å². The molecule has 0 saturated carbocycles. The lowest BCUT2D eigenvalue weighted by molar-refractivity contribution is 0.0692. The second-order valence-electron chi connectivity index (χ2n) is 7.27. The average molecular weight is 388 g/mol. The van der Waals surface area contributed by atoms with Crippen molar-refractivity contribution < 1.29 is 13.6 Å². The molecule has 0 fully saturated rings. The van der Waals surface area contributed by atoms with Gasteiger partial charge in [-0.05, 0) is 60.0 Å². The van der Waals surface area contributed by atoms with E-state index in [-0.39, 0.29) is 23.6 Å². The quantitative estimate of drug-likeness (QED) is 0.501. The van der Waals surface area contributed by atoms with E-state index in [2.05, 4.69) is 11.1 Å². The molecule has 1 atom stereocenters. The molecular formula is C24H18F2N2O. The minimum atomic E-state index is -0.381. The number of para-hydroxylation sites is 1. The molecule has 5 heteroatoms. The summed E-state index contributed by atoms with van der Waals surface area (Å²) < 4.78 is 26.9. The van der Waals surface area contributed by atoms with Crippen molar-refractivity contribution in [2.24, 2.45) is 0 Å². The van der Waals surface area contributed by atoms with Gasteiger partial charge >= 0.3 is 0 Å². The Morgan fingerprint density at radius 2 is 1.55 bits per heavy atom. The summed E-state index contributed by atoms with van der Waals surface area (Å²) in [5.74, 6) is -0.880. The van der Waals surface area contributed by atoms with Crippen LogP contribution < -0.4 is 0 Å². The van der Waals surface area contributed by atoms with E-state index in [0.717, 1.165) is 22.2 Å². The van der Waals surface area contributed by atoms with Crippen LogP contribution >= 0.6 is 0 Å². The highest BCUT2D eigenvalue weighted by Gasteiger charge is 2.34. The number of aromatic amines is 1. The lowest BCUT2D eigenvalue weighted by Crippen LogP contribution is -2.40. The molecular weight excluding hydrogens is 370 g/mol. The molecule has 144 valence electrons. The van der Waals surface area contributed by atoms with E-state index in [4.69, 9.17) is 0 Å². The Hall–Kier alpha value is -3.47. The number of rotatable bonds is 2. The summed E-state index contributed by atoms with van der Waals surface area (Å²) in [6, 6.07) is 19.5. The Labute approximate surface area is 166 Å². The lowest BCUT2D eigenvalue weighted by atomic mass is 9.91. The van der Waals surface area contributed by atoms with Crippen molar-refractivity contribution in [2.75, 3.05) is 6.54 Å². The summed E-state index contributed by atoms with van der Waals surface area (Å²) in [6.45, 7) is 0.521. The predicted octanol–water partition coefficient (Wildman–Crippen LogP) is 5.23. The number of hydrogen-bond acceptors (Lipinski definition) is 1. The summed E-state index contributed by atoms with van der Waals surface area (Å²) in [5, 5.41) is 1.14. The van der Waals surface area contributed by atoms with Crippen LogP contribution in [0.1, 0.15) is 33.2 Å². The molecule has 0 aliphatic carbocycles. The smallest absolute Gasteiger partial charge is 0.254 e. The molecule has 0 radical (unpaired) electrons. The number of hydrogen-bond donors (Lipinski definition) is 1. The summed E-state index contributed by atoms with van der Waals surface area (Å²) in [7, 11) is 0. The van der Waals surface area contributed by atoms with Gasteiger partial charge in [-0.25, -0.2) is 8.78 Å².